The van der Waals surface area contributed by atoms with E-state index in [-0.39, 0.29) is 5.41 Å². The molecule has 58 heavy (non-hydrogen) atoms. The van der Waals surface area contributed by atoms with Crippen molar-refractivity contribution in [2.45, 2.75) is 19.3 Å². The lowest BCUT2D eigenvalue weighted by Crippen LogP contribution is -2.15. The van der Waals surface area contributed by atoms with Crippen LogP contribution in [-0.4, -0.2) is 9.97 Å². The normalized spacial score (nSPS) is 13.1. The standard InChI is InChI=1S/C55H36N2O/c1-55(2)48-30-37(34-12-9-11-33(27-34)36-23-26-52-47(29-36)44-17-7-8-20-51(44)58-52)21-24-42(48)43-25-22-38(31-49(43)55)35-13-10-14-39(28-35)50-32-56-53-45-18-5-3-15-40(45)41-16-4-6-19-46(41)54(53)57-50/h3-32H,1-2H3. The van der Waals surface area contributed by atoms with Gasteiger partial charge in [0.25, 0.3) is 0 Å². The zero-order valence-corrected chi connectivity index (χ0v) is 32.1. The summed E-state index contributed by atoms with van der Waals surface area (Å²) in [6.45, 7) is 4.72. The van der Waals surface area contributed by atoms with E-state index in [0.717, 1.165) is 60.6 Å². The number of rotatable bonds is 4. The third-order valence-corrected chi connectivity index (χ3v) is 12.5. The van der Waals surface area contributed by atoms with Crippen LogP contribution in [0.3, 0.4) is 0 Å². The molecule has 0 atom stereocenters. The largest absolute Gasteiger partial charge is 0.456 e. The van der Waals surface area contributed by atoms with Crippen LogP contribution in [0.2, 0.25) is 0 Å². The molecule has 0 spiro atoms. The Hall–Kier alpha value is -7.36. The van der Waals surface area contributed by atoms with Crippen LogP contribution in [0.4, 0.5) is 0 Å². The average Bonchev–Trinajstić information content (AvgIpc) is 3.77. The lowest BCUT2D eigenvalue weighted by molar-refractivity contribution is 0.661. The minimum absolute atomic E-state index is 0.174. The van der Waals surface area contributed by atoms with Gasteiger partial charge in [0, 0.05) is 32.5 Å². The molecule has 11 aromatic rings. The highest BCUT2D eigenvalue weighted by Gasteiger charge is 2.36. The van der Waals surface area contributed by atoms with E-state index in [1.807, 2.05) is 18.3 Å². The Labute approximate surface area is 335 Å². The summed E-state index contributed by atoms with van der Waals surface area (Å²) in [4.78, 5) is 10.3. The Balaban J connectivity index is 0.885. The number of fused-ring (bicyclic) bond motifs is 12. The van der Waals surface area contributed by atoms with Gasteiger partial charge >= 0.3 is 0 Å². The predicted octanol–water partition coefficient (Wildman–Crippen LogP) is 14.8. The number of hydrogen-bond donors (Lipinski definition) is 0. The zero-order valence-electron chi connectivity index (χ0n) is 32.1. The average molecular weight is 741 g/mol. The first-order chi connectivity index (χ1) is 28.5. The molecule has 2 heterocycles. The van der Waals surface area contributed by atoms with E-state index in [4.69, 9.17) is 14.4 Å². The molecule has 2 aromatic heterocycles. The van der Waals surface area contributed by atoms with Crippen molar-refractivity contribution < 1.29 is 4.42 Å². The first-order valence-corrected chi connectivity index (χ1v) is 20.0. The van der Waals surface area contributed by atoms with Gasteiger partial charge in [0.15, 0.2) is 0 Å². The van der Waals surface area contributed by atoms with Gasteiger partial charge in [-0.15, -0.1) is 0 Å². The first-order valence-electron chi connectivity index (χ1n) is 20.0. The summed E-state index contributed by atoms with van der Waals surface area (Å²) in [6, 6.07) is 63.5. The lowest BCUT2D eigenvalue weighted by Gasteiger charge is -2.23. The highest BCUT2D eigenvalue weighted by molar-refractivity contribution is 6.23. The minimum Gasteiger partial charge on any atom is -0.456 e. The maximum Gasteiger partial charge on any atom is 0.135 e. The van der Waals surface area contributed by atoms with E-state index in [1.165, 1.54) is 60.8 Å². The molecule has 0 unspecified atom stereocenters. The number of aromatic nitrogens is 2. The molecule has 0 aliphatic heterocycles. The van der Waals surface area contributed by atoms with Gasteiger partial charge in [-0.3, -0.25) is 4.98 Å². The Bertz CT molecular complexity index is 3460. The van der Waals surface area contributed by atoms with Crippen LogP contribution >= 0.6 is 0 Å². The van der Waals surface area contributed by atoms with Crippen LogP contribution < -0.4 is 0 Å². The SMILES string of the molecule is CC1(C)c2cc(-c3cccc(-c4ccc5oc6ccccc6c5c4)c3)ccc2-c2ccc(-c3cccc(-c4cnc5c6ccccc6c6ccccc6c5n4)c3)cc21. The van der Waals surface area contributed by atoms with Crippen molar-refractivity contribution in [3.05, 3.63) is 193 Å². The zero-order chi connectivity index (χ0) is 38.5. The van der Waals surface area contributed by atoms with Crippen LogP contribution in [-0.2, 0) is 5.41 Å². The van der Waals surface area contributed by atoms with Gasteiger partial charge in [-0.1, -0.05) is 147 Å². The molecule has 0 fully saturated rings. The monoisotopic (exact) mass is 740 g/mol. The highest BCUT2D eigenvalue weighted by Crippen LogP contribution is 2.51. The molecule has 0 radical (unpaired) electrons. The van der Waals surface area contributed by atoms with Gasteiger partial charge in [-0.05, 0) is 109 Å². The van der Waals surface area contributed by atoms with E-state index in [1.54, 1.807) is 0 Å². The van der Waals surface area contributed by atoms with E-state index in [2.05, 4.69) is 178 Å². The number of furan rings is 1. The number of benzene rings is 9. The van der Waals surface area contributed by atoms with Crippen molar-refractivity contribution >= 4 is 54.5 Å². The van der Waals surface area contributed by atoms with Gasteiger partial charge < -0.3 is 4.42 Å². The Morgan fingerprint density at radius 3 is 1.52 bits per heavy atom. The Kier molecular flexibility index (Phi) is 6.98. The van der Waals surface area contributed by atoms with Gasteiger partial charge in [0.05, 0.1) is 22.9 Å². The fourth-order valence-electron chi connectivity index (χ4n) is 9.50. The molecular formula is C55H36N2O. The minimum atomic E-state index is -0.174. The molecule has 3 nitrogen and oxygen atoms in total. The maximum atomic E-state index is 6.11. The van der Waals surface area contributed by atoms with Crippen LogP contribution in [0.15, 0.2) is 187 Å². The van der Waals surface area contributed by atoms with Gasteiger partial charge in [-0.2, -0.15) is 0 Å². The predicted molar refractivity (Wildman–Crippen MR) is 241 cm³/mol. The second-order valence-corrected chi connectivity index (χ2v) is 16.2. The fraction of sp³-hybridized carbons (Fsp3) is 0.0545. The van der Waals surface area contributed by atoms with E-state index in [0.29, 0.717) is 0 Å². The summed E-state index contributed by atoms with van der Waals surface area (Å²) in [5.74, 6) is 0. The Morgan fingerprint density at radius 2 is 0.862 bits per heavy atom. The van der Waals surface area contributed by atoms with Gasteiger partial charge in [-0.25, -0.2) is 4.98 Å². The van der Waals surface area contributed by atoms with Gasteiger partial charge in [0.2, 0.25) is 0 Å². The number of hydrogen-bond acceptors (Lipinski definition) is 3. The molecule has 0 bridgehead atoms. The summed E-state index contributed by atoms with van der Waals surface area (Å²) in [7, 11) is 0. The van der Waals surface area contributed by atoms with E-state index in [9.17, 15) is 0 Å². The third kappa shape index (κ3) is 4.93. The van der Waals surface area contributed by atoms with Gasteiger partial charge in [0.1, 0.15) is 11.2 Å². The molecule has 272 valence electrons. The van der Waals surface area contributed by atoms with Crippen molar-refractivity contribution in [2.75, 3.05) is 0 Å². The number of nitrogens with zero attached hydrogens (tertiary/aromatic N) is 2. The Morgan fingerprint density at radius 1 is 0.379 bits per heavy atom. The number of para-hydroxylation sites is 1. The molecule has 0 saturated heterocycles. The molecule has 0 saturated carbocycles. The highest BCUT2D eigenvalue weighted by atomic mass is 16.3. The first kappa shape index (κ1) is 32.8. The topological polar surface area (TPSA) is 38.9 Å². The van der Waals surface area contributed by atoms with Crippen molar-refractivity contribution in [1.82, 2.24) is 9.97 Å². The summed E-state index contributed by atoms with van der Waals surface area (Å²) < 4.78 is 6.11. The smallest absolute Gasteiger partial charge is 0.135 e. The van der Waals surface area contributed by atoms with Crippen LogP contribution in [0.1, 0.15) is 25.0 Å². The van der Waals surface area contributed by atoms with Crippen LogP contribution in [0, 0.1) is 0 Å². The maximum absolute atomic E-state index is 6.11. The molecule has 0 amide bonds. The van der Waals surface area contributed by atoms with Crippen LogP contribution in [0.25, 0.3) is 110 Å². The molecular weight excluding hydrogens is 705 g/mol. The summed E-state index contributed by atoms with van der Waals surface area (Å²) in [5.41, 5.74) is 17.9. The second kappa shape index (κ2) is 12.3. The van der Waals surface area contributed by atoms with Crippen molar-refractivity contribution in [2.24, 2.45) is 0 Å². The summed E-state index contributed by atoms with van der Waals surface area (Å²) in [6.07, 6.45) is 1.93. The van der Waals surface area contributed by atoms with Crippen molar-refractivity contribution in [1.29, 1.82) is 0 Å². The molecule has 9 aromatic carbocycles. The quantitative estimate of drug-likeness (QED) is 0.169. The van der Waals surface area contributed by atoms with E-state index < -0.39 is 0 Å². The molecule has 0 N–H and O–H groups in total. The molecule has 12 rings (SSSR count). The lowest BCUT2D eigenvalue weighted by atomic mass is 9.80. The summed E-state index contributed by atoms with van der Waals surface area (Å²) >= 11 is 0. The molecule has 1 aliphatic rings. The van der Waals surface area contributed by atoms with Crippen molar-refractivity contribution in [3.63, 3.8) is 0 Å². The summed E-state index contributed by atoms with van der Waals surface area (Å²) in [5, 5.41) is 6.95. The molecule has 3 heteroatoms. The fourth-order valence-corrected chi connectivity index (χ4v) is 9.50. The second-order valence-electron chi connectivity index (χ2n) is 16.2. The van der Waals surface area contributed by atoms with Crippen molar-refractivity contribution in [3.8, 4) is 55.8 Å². The van der Waals surface area contributed by atoms with E-state index >= 15 is 0 Å². The molecule has 1 aliphatic carbocycles. The van der Waals surface area contributed by atoms with Crippen LogP contribution in [0.5, 0.6) is 0 Å². The third-order valence-electron chi connectivity index (χ3n) is 12.5.